The molecule has 1 aliphatic carbocycles. The second-order valence-electron chi connectivity index (χ2n) is 6.17. The van der Waals surface area contributed by atoms with Crippen LogP contribution in [0.4, 0.5) is 5.69 Å². The highest BCUT2D eigenvalue weighted by Gasteiger charge is 2.17. The Balaban J connectivity index is 1.81. The van der Waals surface area contributed by atoms with Crippen LogP contribution in [-0.4, -0.2) is 11.8 Å². The van der Waals surface area contributed by atoms with E-state index in [4.69, 9.17) is 5.26 Å². The number of amides is 2. The van der Waals surface area contributed by atoms with E-state index in [2.05, 4.69) is 10.6 Å². The highest BCUT2D eigenvalue weighted by atomic mass is 16.2. The topological polar surface area (TPSA) is 82.0 Å². The molecule has 24 heavy (non-hydrogen) atoms. The van der Waals surface area contributed by atoms with Crippen LogP contribution in [-0.2, 0) is 16.1 Å². The lowest BCUT2D eigenvalue weighted by molar-refractivity contribution is -0.117. The molecule has 2 N–H and O–H groups in total. The molecular formula is C19H23N3O2. The summed E-state index contributed by atoms with van der Waals surface area (Å²) < 4.78 is 0. The largest absolute Gasteiger partial charge is 0.348 e. The van der Waals surface area contributed by atoms with Gasteiger partial charge in [0, 0.05) is 18.3 Å². The van der Waals surface area contributed by atoms with Gasteiger partial charge in [0.2, 0.25) is 11.8 Å². The highest BCUT2D eigenvalue weighted by Crippen LogP contribution is 2.30. The van der Waals surface area contributed by atoms with Gasteiger partial charge in [-0.3, -0.25) is 9.59 Å². The van der Waals surface area contributed by atoms with Gasteiger partial charge in [0.15, 0.2) is 0 Å². The number of anilines is 1. The van der Waals surface area contributed by atoms with E-state index < -0.39 is 0 Å². The molecule has 0 spiro atoms. The molecule has 5 heteroatoms. The zero-order valence-electron chi connectivity index (χ0n) is 14.0. The Labute approximate surface area is 142 Å². The van der Waals surface area contributed by atoms with Crippen LogP contribution in [0, 0.1) is 17.2 Å². The number of benzene rings is 1. The van der Waals surface area contributed by atoms with Crippen molar-refractivity contribution >= 4 is 17.5 Å². The van der Waals surface area contributed by atoms with E-state index in [0.717, 1.165) is 5.56 Å². The molecule has 0 aromatic heterocycles. The quantitative estimate of drug-likeness (QED) is 0.787. The molecule has 1 aliphatic rings. The van der Waals surface area contributed by atoms with Crippen LogP contribution in [0.25, 0.3) is 0 Å². The van der Waals surface area contributed by atoms with E-state index in [1.54, 1.807) is 24.3 Å². The molecule has 5 nitrogen and oxygen atoms in total. The predicted molar refractivity (Wildman–Crippen MR) is 92.9 cm³/mol. The lowest BCUT2D eigenvalue weighted by Gasteiger charge is -2.10. The number of carbonyl (C=O) groups excluding carboxylic acids is 2. The normalized spacial score (nSPS) is 14.9. The first kappa shape index (κ1) is 17.7. The Kier molecular flexibility index (Phi) is 6.56. The fraction of sp³-hybridized carbons (Fsp3) is 0.421. The summed E-state index contributed by atoms with van der Waals surface area (Å²) in [6, 6.07) is 9.01. The Morgan fingerprint density at radius 1 is 1.25 bits per heavy atom. The van der Waals surface area contributed by atoms with E-state index in [-0.39, 0.29) is 18.2 Å². The third kappa shape index (κ3) is 5.54. The van der Waals surface area contributed by atoms with Gasteiger partial charge in [-0.25, -0.2) is 0 Å². The van der Waals surface area contributed by atoms with Gasteiger partial charge in [-0.05, 0) is 43.4 Å². The summed E-state index contributed by atoms with van der Waals surface area (Å²) in [7, 11) is 0. The maximum absolute atomic E-state index is 12.0. The van der Waals surface area contributed by atoms with Gasteiger partial charge in [0.05, 0.1) is 6.07 Å². The summed E-state index contributed by atoms with van der Waals surface area (Å²) in [5.41, 5.74) is 2.76. The molecule has 0 heterocycles. The summed E-state index contributed by atoms with van der Waals surface area (Å²) in [5, 5.41) is 14.0. The number of allylic oxidation sites excluding steroid dienone is 1. The van der Waals surface area contributed by atoms with E-state index in [1.165, 1.54) is 31.3 Å². The minimum Gasteiger partial charge on any atom is -0.348 e. The summed E-state index contributed by atoms with van der Waals surface area (Å²) in [5.74, 6) is 0.170. The molecule has 1 fully saturated rings. The Hall–Kier alpha value is -2.61. The molecular weight excluding hydrogens is 302 g/mol. The van der Waals surface area contributed by atoms with Gasteiger partial charge in [0.25, 0.3) is 0 Å². The molecule has 1 saturated carbocycles. The van der Waals surface area contributed by atoms with Crippen LogP contribution >= 0.6 is 0 Å². The second-order valence-corrected chi connectivity index (χ2v) is 6.17. The Morgan fingerprint density at radius 2 is 1.92 bits per heavy atom. The van der Waals surface area contributed by atoms with Crippen LogP contribution in [0.5, 0.6) is 0 Å². The number of nitrogens with zero attached hydrogens (tertiary/aromatic N) is 1. The molecule has 1 aromatic carbocycles. The first-order valence-corrected chi connectivity index (χ1v) is 8.30. The summed E-state index contributed by atoms with van der Waals surface area (Å²) in [6.07, 6.45) is 6.45. The van der Waals surface area contributed by atoms with E-state index >= 15 is 0 Å². The van der Waals surface area contributed by atoms with Crippen molar-refractivity contribution in [3.05, 3.63) is 41.5 Å². The van der Waals surface area contributed by atoms with E-state index in [9.17, 15) is 9.59 Å². The second kappa shape index (κ2) is 8.88. The van der Waals surface area contributed by atoms with Gasteiger partial charge < -0.3 is 10.6 Å². The van der Waals surface area contributed by atoms with Crippen LogP contribution < -0.4 is 10.6 Å². The highest BCUT2D eigenvalue weighted by molar-refractivity contribution is 5.92. The van der Waals surface area contributed by atoms with Crippen molar-refractivity contribution in [1.29, 1.82) is 5.26 Å². The number of nitrogens with one attached hydrogen (secondary N) is 2. The average Bonchev–Trinajstić information content (AvgIpc) is 3.09. The molecule has 0 atom stereocenters. The molecule has 0 radical (unpaired) electrons. The first-order chi connectivity index (χ1) is 11.6. The number of rotatable bonds is 6. The number of hydrogen-bond donors (Lipinski definition) is 2. The third-order valence-electron chi connectivity index (χ3n) is 4.30. The molecule has 0 saturated heterocycles. The molecule has 2 rings (SSSR count). The standard InChI is InChI=1S/C19H23N3O2/c1-14(16-4-2-3-5-16)12-19(24)21-13-15-6-8-17(9-7-15)22-18(23)10-11-20/h6-9,12,16H,2-5,10,13H2,1H3,(H,21,24)(H,22,23)/b14-12+. The number of carbonyl (C=O) groups is 2. The van der Waals surface area contributed by atoms with Crippen molar-refractivity contribution in [3.63, 3.8) is 0 Å². The van der Waals surface area contributed by atoms with Crippen molar-refractivity contribution < 1.29 is 9.59 Å². The molecule has 0 aliphatic heterocycles. The number of nitriles is 1. The van der Waals surface area contributed by atoms with Gasteiger partial charge in [-0.15, -0.1) is 0 Å². The van der Waals surface area contributed by atoms with Crippen molar-refractivity contribution in [3.8, 4) is 6.07 Å². The molecule has 1 aromatic rings. The Bertz CT molecular complexity index is 650. The smallest absolute Gasteiger partial charge is 0.244 e. The van der Waals surface area contributed by atoms with Crippen molar-refractivity contribution in [2.45, 2.75) is 45.6 Å². The fourth-order valence-electron chi connectivity index (χ4n) is 2.93. The fourth-order valence-corrected chi connectivity index (χ4v) is 2.93. The molecule has 126 valence electrons. The van der Waals surface area contributed by atoms with Gasteiger partial charge >= 0.3 is 0 Å². The molecule has 0 unspecified atom stereocenters. The van der Waals surface area contributed by atoms with Crippen molar-refractivity contribution in [2.75, 3.05) is 5.32 Å². The molecule has 2 amide bonds. The average molecular weight is 325 g/mol. The van der Waals surface area contributed by atoms with Crippen LogP contribution in [0.3, 0.4) is 0 Å². The minimum atomic E-state index is -0.328. The van der Waals surface area contributed by atoms with Crippen molar-refractivity contribution in [1.82, 2.24) is 5.32 Å². The monoisotopic (exact) mass is 325 g/mol. The minimum absolute atomic E-state index is 0.0641. The summed E-state index contributed by atoms with van der Waals surface area (Å²) in [4.78, 5) is 23.3. The van der Waals surface area contributed by atoms with Crippen LogP contribution in [0.1, 0.15) is 44.6 Å². The van der Waals surface area contributed by atoms with Crippen LogP contribution in [0.2, 0.25) is 0 Å². The summed E-state index contributed by atoms with van der Waals surface area (Å²) in [6.45, 7) is 2.48. The third-order valence-corrected chi connectivity index (χ3v) is 4.30. The Morgan fingerprint density at radius 3 is 2.54 bits per heavy atom. The van der Waals surface area contributed by atoms with Crippen LogP contribution in [0.15, 0.2) is 35.9 Å². The zero-order chi connectivity index (χ0) is 17.4. The first-order valence-electron chi connectivity index (χ1n) is 8.30. The van der Waals surface area contributed by atoms with Gasteiger partial charge in [-0.1, -0.05) is 30.5 Å². The maximum atomic E-state index is 12.0. The van der Waals surface area contributed by atoms with Crippen molar-refractivity contribution in [2.24, 2.45) is 5.92 Å². The lowest BCUT2D eigenvalue weighted by Crippen LogP contribution is -2.21. The SMILES string of the molecule is C/C(=C\C(=O)NCc1ccc(NC(=O)CC#N)cc1)C1CCCC1. The molecule has 0 bridgehead atoms. The zero-order valence-corrected chi connectivity index (χ0v) is 14.0. The van der Waals surface area contributed by atoms with E-state index in [1.807, 2.05) is 19.1 Å². The predicted octanol–water partition coefficient (Wildman–Crippen LogP) is 3.29. The summed E-state index contributed by atoms with van der Waals surface area (Å²) >= 11 is 0. The number of hydrogen-bond acceptors (Lipinski definition) is 3. The maximum Gasteiger partial charge on any atom is 0.244 e. The van der Waals surface area contributed by atoms with Gasteiger partial charge in [-0.2, -0.15) is 5.26 Å². The lowest BCUT2D eigenvalue weighted by atomic mass is 9.99. The van der Waals surface area contributed by atoms with E-state index in [0.29, 0.717) is 18.2 Å². The van der Waals surface area contributed by atoms with Gasteiger partial charge in [0.1, 0.15) is 6.42 Å².